The Kier molecular flexibility index (Phi) is 8.18. The normalized spacial score (nSPS) is 11.5. The molecule has 0 bridgehead atoms. The van der Waals surface area contributed by atoms with Crippen molar-refractivity contribution >= 4 is 43.2 Å². The van der Waals surface area contributed by atoms with Crippen LogP contribution in [0.5, 0.6) is 0 Å². The van der Waals surface area contributed by atoms with Crippen LogP contribution < -0.4 is 10.2 Å². The van der Waals surface area contributed by atoms with Gasteiger partial charge in [0.25, 0.3) is 5.91 Å². The molecule has 0 unspecified atom stereocenters. The highest BCUT2D eigenvalue weighted by Gasteiger charge is 2.24. The second-order valence-corrected chi connectivity index (χ2v) is 9.14. The summed E-state index contributed by atoms with van der Waals surface area (Å²) in [7, 11) is -3.64. The molecule has 158 valence electrons. The van der Waals surface area contributed by atoms with Crippen LogP contribution in [0, 0.1) is 0 Å². The van der Waals surface area contributed by atoms with E-state index in [0.29, 0.717) is 28.8 Å². The summed E-state index contributed by atoms with van der Waals surface area (Å²) in [5.74, 6) is -0.357. The lowest BCUT2D eigenvalue weighted by molar-refractivity contribution is 0.102. The fourth-order valence-corrected chi connectivity index (χ4v) is 4.91. The van der Waals surface area contributed by atoms with Gasteiger partial charge in [-0.05, 0) is 54.0 Å². The number of nitrogens with zero attached hydrogens (tertiary/aromatic N) is 3. The van der Waals surface area contributed by atoms with E-state index in [1.165, 1.54) is 16.6 Å². The van der Waals surface area contributed by atoms with E-state index < -0.39 is 10.0 Å². The summed E-state index contributed by atoms with van der Waals surface area (Å²) in [6, 6.07) is 6.54. The number of halogens is 1. The Morgan fingerprint density at radius 2 is 1.69 bits per heavy atom. The lowest BCUT2D eigenvalue weighted by Gasteiger charge is -2.26. The SMILES string of the molecule is CCN(CC)c1ccc(S(=O)(=O)N(CC)CC)cc1NC(=O)c1cncc(Br)c1. The summed E-state index contributed by atoms with van der Waals surface area (Å²) >= 11 is 3.31. The average molecular weight is 483 g/mol. The standard InChI is InChI=1S/C20H27BrN4O3S/c1-5-24(6-2)19-10-9-17(29(27,28)25(7-3)8-4)12-18(19)23-20(26)15-11-16(21)14-22-13-15/h9-14H,5-8H2,1-4H3,(H,23,26). The maximum atomic E-state index is 13.0. The Hall–Kier alpha value is -1.97. The van der Waals surface area contributed by atoms with Crippen LogP contribution in [0.1, 0.15) is 38.1 Å². The van der Waals surface area contributed by atoms with Crippen LogP contribution in [0.4, 0.5) is 11.4 Å². The number of hydrogen-bond acceptors (Lipinski definition) is 5. The molecule has 0 spiro atoms. The minimum absolute atomic E-state index is 0.153. The fraction of sp³-hybridized carbons (Fsp3) is 0.400. The molecule has 0 radical (unpaired) electrons. The van der Waals surface area contributed by atoms with Crippen molar-refractivity contribution in [3.05, 3.63) is 46.7 Å². The summed E-state index contributed by atoms with van der Waals surface area (Å²) in [6.45, 7) is 9.81. The van der Waals surface area contributed by atoms with Gasteiger partial charge in [0.05, 0.1) is 21.8 Å². The smallest absolute Gasteiger partial charge is 0.257 e. The lowest BCUT2D eigenvalue weighted by atomic mass is 10.2. The summed E-state index contributed by atoms with van der Waals surface area (Å²) in [6.07, 6.45) is 3.06. The van der Waals surface area contributed by atoms with E-state index in [-0.39, 0.29) is 10.8 Å². The molecule has 0 aliphatic carbocycles. The molecule has 0 atom stereocenters. The number of anilines is 2. The number of carbonyl (C=O) groups excluding carboxylic acids is 1. The van der Waals surface area contributed by atoms with Crippen molar-refractivity contribution in [2.75, 3.05) is 36.4 Å². The zero-order chi connectivity index (χ0) is 21.6. The van der Waals surface area contributed by atoms with Crippen molar-refractivity contribution in [1.29, 1.82) is 0 Å². The Balaban J connectivity index is 2.52. The zero-order valence-electron chi connectivity index (χ0n) is 17.1. The van der Waals surface area contributed by atoms with Gasteiger partial charge >= 0.3 is 0 Å². The van der Waals surface area contributed by atoms with Crippen LogP contribution in [0.3, 0.4) is 0 Å². The van der Waals surface area contributed by atoms with Gasteiger partial charge in [0.15, 0.2) is 0 Å². The summed E-state index contributed by atoms with van der Waals surface area (Å²) in [5, 5.41) is 2.87. The first-order chi connectivity index (χ1) is 13.8. The van der Waals surface area contributed by atoms with Crippen molar-refractivity contribution in [1.82, 2.24) is 9.29 Å². The number of benzene rings is 1. The fourth-order valence-electron chi connectivity index (χ4n) is 3.06. The number of carbonyl (C=O) groups is 1. The molecule has 7 nitrogen and oxygen atoms in total. The number of amides is 1. The van der Waals surface area contributed by atoms with Gasteiger partial charge in [0, 0.05) is 43.0 Å². The predicted octanol–water partition coefficient (Wildman–Crippen LogP) is 3.97. The van der Waals surface area contributed by atoms with E-state index in [1.54, 1.807) is 38.2 Å². The maximum Gasteiger partial charge on any atom is 0.257 e. The summed E-state index contributed by atoms with van der Waals surface area (Å²) < 4.78 is 28.0. The topological polar surface area (TPSA) is 82.6 Å². The van der Waals surface area contributed by atoms with Crippen LogP contribution in [-0.2, 0) is 10.0 Å². The Bertz CT molecular complexity index is 958. The molecule has 0 saturated carbocycles. The highest BCUT2D eigenvalue weighted by Crippen LogP contribution is 2.30. The van der Waals surface area contributed by atoms with E-state index in [0.717, 1.165) is 18.8 Å². The number of hydrogen-bond donors (Lipinski definition) is 1. The Labute approximate surface area is 181 Å². The number of nitrogens with one attached hydrogen (secondary N) is 1. The van der Waals surface area contributed by atoms with Crippen LogP contribution in [0.25, 0.3) is 0 Å². The first-order valence-electron chi connectivity index (χ1n) is 9.59. The average Bonchev–Trinajstić information content (AvgIpc) is 2.70. The van der Waals surface area contributed by atoms with E-state index in [2.05, 4.69) is 31.1 Å². The first-order valence-corrected chi connectivity index (χ1v) is 11.8. The van der Waals surface area contributed by atoms with Gasteiger partial charge in [-0.3, -0.25) is 9.78 Å². The molecule has 1 aromatic heterocycles. The van der Waals surface area contributed by atoms with E-state index in [1.807, 2.05) is 13.8 Å². The van der Waals surface area contributed by atoms with Crippen molar-refractivity contribution in [2.45, 2.75) is 32.6 Å². The van der Waals surface area contributed by atoms with E-state index in [9.17, 15) is 13.2 Å². The van der Waals surface area contributed by atoms with E-state index >= 15 is 0 Å². The quantitative estimate of drug-likeness (QED) is 0.584. The molecule has 2 rings (SSSR count). The zero-order valence-corrected chi connectivity index (χ0v) is 19.5. The molecule has 1 amide bonds. The molecule has 1 aromatic carbocycles. The minimum Gasteiger partial charge on any atom is -0.370 e. The third kappa shape index (κ3) is 5.34. The van der Waals surface area contributed by atoms with Crippen molar-refractivity contribution in [3.63, 3.8) is 0 Å². The number of pyridine rings is 1. The molecule has 1 N–H and O–H groups in total. The first kappa shape index (κ1) is 23.3. The second-order valence-electron chi connectivity index (χ2n) is 6.29. The largest absolute Gasteiger partial charge is 0.370 e. The Morgan fingerprint density at radius 1 is 1.03 bits per heavy atom. The van der Waals surface area contributed by atoms with Gasteiger partial charge in [0.1, 0.15) is 0 Å². The summed E-state index contributed by atoms with van der Waals surface area (Å²) in [5.41, 5.74) is 1.60. The van der Waals surface area contributed by atoms with Gasteiger partial charge in [0.2, 0.25) is 10.0 Å². The van der Waals surface area contributed by atoms with E-state index in [4.69, 9.17) is 0 Å². The molecule has 2 aromatic rings. The molecule has 9 heteroatoms. The number of aromatic nitrogens is 1. The van der Waals surface area contributed by atoms with Crippen molar-refractivity contribution < 1.29 is 13.2 Å². The number of rotatable bonds is 9. The van der Waals surface area contributed by atoms with Gasteiger partial charge in [-0.15, -0.1) is 0 Å². The molecule has 0 aliphatic rings. The molecule has 0 fully saturated rings. The maximum absolute atomic E-state index is 13.0. The van der Waals surface area contributed by atoms with Crippen molar-refractivity contribution in [3.8, 4) is 0 Å². The monoisotopic (exact) mass is 482 g/mol. The van der Waals surface area contributed by atoms with Crippen molar-refractivity contribution in [2.24, 2.45) is 0 Å². The third-order valence-electron chi connectivity index (χ3n) is 4.63. The summed E-state index contributed by atoms with van der Waals surface area (Å²) in [4.78, 5) is 19.0. The minimum atomic E-state index is -3.64. The third-order valence-corrected chi connectivity index (χ3v) is 7.11. The highest BCUT2D eigenvalue weighted by atomic mass is 79.9. The molecule has 0 aliphatic heterocycles. The molecular weight excluding hydrogens is 456 g/mol. The van der Waals surface area contributed by atoms with Crippen LogP contribution >= 0.6 is 15.9 Å². The molecule has 0 saturated heterocycles. The number of sulfonamides is 1. The van der Waals surface area contributed by atoms with Gasteiger partial charge in [-0.25, -0.2) is 8.42 Å². The van der Waals surface area contributed by atoms with Crippen LogP contribution in [0.15, 0.2) is 46.0 Å². The van der Waals surface area contributed by atoms with Crippen LogP contribution in [0.2, 0.25) is 0 Å². The second kappa shape index (κ2) is 10.2. The van der Waals surface area contributed by atoms with Gasteiger partial charge in [-0.1, -0.05) is 13.8 Å². The van der Waals surface area contributed by atoms with Gasteiger partial charge < -0.3 is 10.2 Å². The predicted molar refractivity (Wildman–Crippen MR) is 120 cm³/mol. The van der Waals surface area contributed by atoms with Gasteiger partial charge in [-0.2, -0.15) is 4.31 Å². The highest BCUT2D eigenvalue weighted by molar-refractivity contribution is 9.10. The molecular formula is C20H27BrN4O3S. The van der Waals surface area contributed by atoms with Crippen LogP contribution in [-0.4, -0.2) is 49.8 Å². The molecule has 29 heavy (non-hydrogen) atoms. The Morgan fingerprint density at radius 3 is 2.24 bits per heavy atom. The lowest BCUT2D eigenvalue weighted by Crippen LogP contribution is -2.31. The molecule has 1 heterocycles.